The largest absolute Gasteiger partial charge is 0.324 e. The van der Waals surface area contributed by atoms with Crippen LogP contribution >= 0.6 is 27.3 Å². The van der Waals surface area contributed by atoms with Crippen LogP contribution in [-0.4, -0.2) is 0 Å². The number of fused-ring (bicyclic) bond motifs is 1. The fourth-order valence-electron chi connectivity index (χ4n) is 2.38. The summed E-state index contributed by atoms with van der Waals surface area (Å²) in [4.78, 5) is 1.41. The van der Waals surface area contributed by atoms with Crippen LogP contribution in [0.15, 0.2) is 58.4 Å². The molecule has 3 rings (SSSR count). The van der Waals surface area contributed by atoms with Crippen LogP contribution in [0.3, 0.4) is 0 Å². The van der Waals surface area contributed by atoms with Crippen molar-refractivity contribution in [2.24, 2.45) is 5.73 Å². The van der Waals surface area contributed by atoms with E-state index < -0.39 is 0 Å². The van der Waals surface area contributed by atoms with Gasteiger partial charge in [-0.2, -0.15) is 0 Å². The summed E-state index contributed by atoms with van der Waals surface area (Å²) >= 11 is 5.31. The van der Waals surface area contributed by atoms with Crippen molar-refractivity contribution in [2.45, 2.75) is 18.9 Å². The van der Waals surface area contributed by atoms with Crippen molar-refractivity contribution in [1.29, 1.82) is 0 Å². The van der Waals surface area contributed by atoms with E-state index in [4.69, 9.17) is 5.73 Å². The Hall–Kier alpha value is -1.16. The molecular formula is C17H16BrNS. The Morgan fingerprint density at radius 2 is 1.85 bits per heavy atom. The Morgan fingerprint density at radius 1 is 1.05 bits per heavy atom. The smallest absolute Gasteiger partial charge is 0.0298 e. The quantitative estimate of drug-likeness (QED) is 0.682. The van der Waals surface area contributed by atoms with Crippen molar-refractivity contribution in [2.75, 3.05) is 0 Å². The number of hydrogen-bond acceptors (Lipinski definition) is 2. The number of rotatable bonds is 4. The van der Waals surface area contributed by atoms with Gasteiger partial charge in [0.15, 0.2) is 0 Å². The van der Waals surface area contributed by atoms with Crippen LogP contribution in [0.1, 0.15) is 22.9 Å². The Balaban J connectivity index is 1.77. The molecule has 102 valence electrons. The standard InChI is InChI=1S/C17H16BrNS/c18-15-6-5-12-10-14(4-3-13(12)11-15)17(19)8-7-16-2-1-9-20-16/h1-6,9-11,17H,7-8,19H2. The average Bonchev–Trinajstić information content (AvgIpc) is 2.97. The summed E-state index contributed by atoms with van der Waals surface area (Å²) in [5.41, 5.74) is 7.55. The number of halogens is 1. The average molecular weight is 346 g/mol. The van der Waals surface area contributed by atoms with Gasteiger partial charge >= 0.3 is 0 Å². The summed E-state index contributed by atoms with van der Waals surface area (Å²) in [6.45, 7) is 0. The van der Waals surface area contributed by atoms with Crippen molar-refractivity contribution in [3.05, 3.63) is 68.8 Å². The molecule has 1 atom stereocenters. The van der Waals surface area contributed by atoms with Crippen LogP contribution < -0.4 is 5.73 Å². The molecule has 0 aliphatic rings. The number of aryl methyl sites for hydroxylation is 1. The van der Waals surface area contributed by atoms with E-state index in [9.17, 15) is 0 Å². The molecule has 1 unspecified atom stereocenters. The SMILES string of the molecule is NC(CCc1cccs1)c1ccc2cc(Br)ccc2c1. The van der Waals surface area contributed by atoms with Crippen molar-refractivity contribution in [1.82, 2.24) is 0 Å². The van der Waals surface area contributed by atoms with Gasteiger partial charge in [-0.05, 0) is 58.8 Å². The molecule has 20 heavy (non-hydrogen) atoms. The monoisotopic (exact) mass is 345 g/mol. The first kappa shape index (κ1) is 13.8. The zero-order valence-corrected chi connectivity index (χ0v) is 13.5. The van der Waals surface area contributed by atoms with Crippen LogP contribution in [0.5, 0.6) is 0 Å². The fraction of sp³-hybridized carbons (Fsp3) is 0.176. The predicted molar refractivity (Wildman–Crippen MR) is 91.2 cm³/mol. The third kappa shape index (κ3) is 3.11. The summed E-state index contributed by atoms with van der Waals surface area (Å²) in [5, 5.41) is 4.61. The summed E-state index contributed by atoms with van der Waals surface area (Å²) in [6, 6.07) is 17.2. The Morgan fingerprint density at radius 3 is 2.65 bits per heavy atom. The zero-order valence-electron chi connectivity index (χ0n) is 11.1. The van der Waals surface area contributed by atoms with Crippen molar-refractivity contribution in [3.8, 4) is 0 Å². The minimum Gasteiger partial charge on any atom is -0.324 e. The van der Waals surface area contributed by atoms with Gasteiger partial charge in [0.05, 0.1) is 0 Å². The summed E-state index contributed by atoms with van der Waals surface area (Å²) in [7, 11) is 0. The lowest BCUT2D eigenvalue weighted by molar-refractivity contribution is 0.656. The molecule has 0 saturated carbocycles. The molecule has 0 aliphatic heterocycles. The van der Waals surface area contributed by atoms with E-state index in [1.165, 1.54) is 21.2 Å². The molecule has 0 saturated heterocycles. The highest BCUT2D eigenvalue weighted by Gasteiger charge is 2.07. The van der Waals surface area contributed by atoms with Crippen molar-refractivity contribution in [3.63, 3.8) is 0 Å². The molecule has 0 fully saturated rings. The molecule has 0 amide bonds. The van der Waals surface area contributed by atoms with Gasteiger partial charge in [-0.15, -0.1) is 11.3 Å². The molecule has 0 spiro atoms. The van der Waals surface area contributed by atoms with E-state index in [1.807, 2.05) is 0 Å². The van der Waals surface area contributed by atoms with Gasteiger partial charge in [0.2, 0.25) is 0 Å². The molecule has 2 N–H and O–H groups in total. The van der Waals surface area contributed by atoms with Gasteiger partial charge in [-0.3, -0.25) is 0 Å². The molecule has 0 bridgehead atoms. The van der Waals surface area contributed by atoms with E-state index in [2.05, 4.69) is 69.8 Å². The fourth-order valence-corrected chi connectivity index (χ4v) is 3.49. The Kier molecular flexibility index (Phi) is 4.20. The topological polar surface area (TPSA) is 26.0 Å². The van der Waals surface area contributed by atoms with Gasteiger partial charge in [-0.25, -0.2) is 0 Å². The predicted octanol–water partition coefficient (Wildman–Crippen LogP) is 5.30. The van der Waals surface area contributed by atoms with Crippen molar-refractivity contribution < 1.29 is 0 Å². The zero-order chi connectivity index (χ0) is 13.9. The van der Waals surface area contributed by atoms with Crippen LogP contribution in [0.25, 0.3) is 10.8 Å². The highest BCUT2D eigenvalue weighted by molar-refractivity contribution is 9.10. The minimum absolute atomic E-state index is 0.102. The van der Waals surface area contributed by atoms with Crippen LogP contribution in [-0.2, 0) is 6.42 Å². The van der Waals surface area contributed by atoms with Gasteiger partial charge < -0.3 is 5.73 Å². The second-order valence-corrected chi connectivity index (χ2v) is 6.92. The first-order valence-electron chi connectivity index (χ1n) is 6.69. The molecule has 0 radical (unpaired) electrons. The van der Waals surface area contributed by atoms with Gasteiger partial charge in [-0.1, -0.05) is 40.2 Å². The van der Waals surface area contributed by atoms with Gasteiger partial charge in [0.25, 0.3) is 0 Å². The molecular weight excluding hydrogens is 330 g/mol. The molecule has 1 nitrogen and oxygen atoms in total. The summed E-state index contributed by atoms with van der Waals surface area (Å²) in [5.74, 6) is 0. The van der Waals surface area contributed by atoms with E-state index in [0.29, 0.717) is 0 Å². The maximum absolute atomic E-state index is 6.33. The second kappa shape index (κ2) is 6.08. The van der Waals surface area contributed by atoms with E-state index >= 15 is 0 Å². The molecule has 0 aliphatic carbocycles. The molecule has 3 aromatic rings. The third-order valence-electron chi connectivity index (χ3n) is 3.54. The minimum atomic E-state index is 0.102. The number of hydrogen-bond donors (Lipinski definition) is 1. The molecule has 3 heteroatoms. The van der Waals surface area contributed by atoms with Crippen LogP contribution in [0.2, 0.25) is 0 Å². The normalized spacial score (nSPS) is 12.7. The highest BCUT2D eigenvalue weighted by Crippen LogP contribution is 2.25. The number of nitrogens with two attached hydrogens (primary N) is 1. The van der Waals surface area contributed by atoms with Gasteiger partial charge in [0.1, 0.15) is 0 Å². The van der Waals surface area contributed by atoms with Crippen LogP contribution in [0, 0.1) is 0 Å². The van der Waals surface area contributed by atoms with E-state index in [0.717, 1.165) is 17.3 Å². The Labute approximate surface area is 131 Å². The lowest BCUT2D eigenvalue weighted by Crippen LogP contribution is -2.10. The van der Waals surface area contributed by atoms with Gasteiger partial charge in [0, 0.05) is 15.4 Å². The lowest BCUT2D eigenvalue weighted by Gasteiger charge is -2.12. The van der Waals surface area contributed by atoms with E-state index in [1.54, 1.807) is 11.3 Å². The first-order chi connectivity index (χ1) is 9.72. The number of thiophene rings is 1. The second-order valence-electron chi connectivity index (χ2n) is 4.98. The summed E-state index contributed by atoms with van der Waals surface area (Å²) < 4.78 is 1.11. The first-order valence-corrected chi connectivity index (χ1v) is 8.37. The third-order valence-corrected chi connectivity index (χ3v) is 4.97. The molecule has 1 heterocycles. The van der Waals surface area contributed by atoms with E-state index in [-0.39, 0.29) is 6.04 Å². The summed E-state index contributed by atoms with van der Waals surface area (Å²) in [6.07, 6.45) is 2.04. The maximum atomic E-state index is 6.33. The van der Waals surface area contributed by atoms with Crippen LogP contribution in [0.4, 0.5) is 0 Å². The molecule has 2 aromatic carbocycles. The van der Waals surface area contributed by atoms with Crippen molar-refractivity contribution >= 4 is 38.0 Å². The molecule has 1 aromatic heterocycles. The number of benzene rings is 2. The lowest BCUT2D eigenvalue weighted by atomic mass is 9.99. The highest BCUT2D eigenvalue weighted by atomic mass is 79.9. The maximum Gasteiger partial charge on any atom is 0.0298 e. The Bertz CT molecular complexity index is 706.